The molecule has 1 aliphatic heterocycles. The molecule has 7 nitrogen and oxygen atoms in total. The first kappa shape index (κ1) is 19.9. The molecule has 1 atom stereocenters. The van der Waals surface area contributed by atoms with E-state index in [4.69, 9.17) is 10.5 Å². The van der Waals surface area contributed by atoms with Gasteiger partial charge in [0.1, 0.15) is 5.75 Å². The monoisotopic (exact) mass is 425 g/mol. The zero-order chi connectivity index (χ0) is 22.2. The van der Waals surface area contributed by atoms with Crippen LogP contribution in [0.25, 0.3) is 22.0 Å². The lowest BCUT2D eigenvalue weighted by atomic mass is 10.0. The number of amides is 1. The Balaban J connectivity index is 1.63. The van der Waals surface area contributed by atoms with Gasteiger partial charge in [-0.05, 0) is 50.1 Å². The van der Waals surface area contributed by atoms with Crippen molar-refractivity contribution in [1.82, 2.24) is 15.0 Å². The van der Waals surface area contributed by atoms with Gasteiger partial charge in [0, 0.05) is 35.6 Å². The van der Waals surface area contributed by atoms with E-state index in [1.54, 1.807) is 18.5 Å². The van der Waals surface area contributed by atoms with Crippen LogP contribution in [0.15, 0.2) is 60.9 Å². The molecule has 2 aromatic carbocycles. The number of aryl methyl sites for hydroxylation is 1. The third-order valence-corrected chi connectivity index (χ3v) is 5.85. The number of carbonyl (C=O) groups excluding carboxylic acids is 1. The van der Waals surface area contributed by atoms with Crippen molar-refractivity contribution in [3.8, 4) is 22.9 Å². The summed E-state index contributed by atoms with van der Waals surface area (Å²) in [5.74, 6) is 1.47. The molecule has 0 radical (unpaired) electrons. The molecule has 1 saturated heterocycles. The fourth-order valence-corrected chi connectivity index (χ4v) is 4.26. The molecular formula is C25H23N5O2. The van der Waals surface area contributed by atoms with Crippen molar-refractivity contribution in [3.05, 3.63) is 66.5 Å². The van der Waals surface area contributed by atoms with E-state index >= 15 is 0 Å². The standard InChI is InChI=1S/C25H23N5O2/c1-15-8-10-17-18(5-3-7-21(17)30-16(2)9-11-22(30)31)23(15)32-24-19(6-4-13-27-24)20-12-14-28-25(26)29-20/h3-8,10,12-14,16H,9,11H2,1-2H3,(H2,26,28,29). The summed E-state index contributed by atoms with van der Waals surface area (Å²) in [7, 11) is 0. The minimum absolute atomic E-state index is 0.154. The van der Waals surface area contributed by atoms with Gasteiger partial charge in [0.25, 0.3) is 0 Å². The lowest BCUT2D eigenvalue weighted by Gasteiger charge is -2.24. The molecule has 0 aliphatic carbocycles. The number of hydrogen-bond acceptors (Lipinski definition) is 6. The zero-order valence-electron chi connectivity index (χ0n) is 17.9. The largest absolute Gasteiger partial charge is 0.437 e. The Morgan fingerprint density at radius 3 is 2.69 bits per heavy atom. The van der Waals surface area contributed by atoms with Crippen LogP contribution >= 0.6 is 0 Å². The number of hydrogen-bond donors (Lipinski definition) is 1. The van der Waals surface area contributed by atoms with E-state index in [-0.39, 0.29) is 17.9 Å². The summed E-state index contributed by atoms with van der Waals surface area (Å²) < 4.78 is 6.40. The van der Waals surface area contributed by atoms with Crippen LogP contribution in [-0.2, 0) is 4.79 Å². The number of aromatic nitrogens is 3. The topological polar surface area (TPSA) is 94.2 Å². The predicted molar refractivity (Wildman–Crippen MR) is 125 cm³/mol. The van der Waals surface area contributed by atoms with Gasteiger partial charge in [0.05, 0.1) is 16.9 Å². The van der Waals surface area contributed by atoms with Crippen LogP contribution in [-0.4, -0.2) is 26.9 Å². The summed E-state index contributed by atoms with van der Waals surface area (Å²) in [4.78, 5) is 27.2. The van der Waals surface area contributed by atoms with Crippen molar-refractivity contribution in [1.29, 1.82) is 0 Å². The van der Waals surface area contributed by atoms with E-state index in [1.165, 1.54) is 0 Å². The first-order valence-electron chi connectivity index (χ1n) is 10.6. The Kier molecular flexibility index (Phi) is 4.93. The normalized spacial score (nSPS) is 16.0. The smallest absolute Gasteiger partial charge is 0.228 e. The number of carbonyl (C=O) groups is 1. The first-order chi connectivity index (χ1) is 15.5. The van der Waals surface area contributed by atoms with E-state index in [1.807, 2.05) is 48.2 Å². The van der Waals surface area contributed by atoms with E-state index < -0.39 is 0 Å². The Hall–Kier alpha value is -4.00. The van der Waals surface area contributed by atoms with Crippen molar-refractivity contribution in [2.45, 2.75) is 32.7 Å². The van der Waals surface area contributed by atoms with Crippen LogP contribution in [0.3, 0.4) is 0 Å². The summed E-state index contributed by atoms with van der Waals surface area (Å²) in [6.45, 7) is 4.08. The SMILES string of the molecule is Cc1ccc2c(N3C(=O)CCC3C)cccc2c1Oc1ncccc1-c1ccnc(N)n1. The third kappa shape index (κ3) is 3.41. The predicted octanol–water partition coefficient (Wildman–Crippen LogP) is 4.89. The Morgan fingerprint density at radius 1 is 1.03 bits per heavy atom. The quantitative estimate of drug-likeness (QED) is 0.500. The molecule has 0 spiro atoms. The summed E-state index contributed by atoms with van der Waals surface area (Å²) >= 11 is 0. The summed E-state index contributed by atoms with van der Waals surface area (Å²) in [5, 5.41) is 1.90. The average molecular weight is 425 g/mol. The molecule has 5 rings (SSSR count). The molecule has 3 heterocycles. The van der Waals surface area contributed by atoms with Gasteiger partial charge in [-0.2, -0.15) is 0 Å². The highest BCUT2D eigenvalue weighted by Gasteiger charge is 2.30. The lowest BCUT2D eigenvalue weighted by Crippen LogP contribution is -2.30. The second-order valence-electron chi connectivity index (χ2n) is 7.99. The fourth-order valence-electron chi connectivity index (χ4n) is 4.26. The highest BCUT2D eigenvalue weighted by atomic mass is 16.5. The van der Waals surface area contributed by atoms with Gasteiger partial charge in [0.2, 0.25) is 17.7 Å². The van der Waals surface area contributed by atoms with Crippen LogP contribution in [0.5, 0.6) is 11.6 Å². The van der Waals surface area contributed by atoms with E-state index in [2.05, 4.69) is 27.9 Å². The van der Waals surface area contributed by atoms with E-state index in [0.717, 1.165) is 34.0 Å². The number of nitrogen functional groups attached to an aromatic ring is 1. The highest BCUT2D eigenvalue weighted by molar-refractivity contribution is 6.07. The van der Waals surface area contributed by atoms with Crippen LogP contribution in [0, 0.1) is 6.92 Å². The highest BCUT2D eigenvalue weighted by Crippen LogP contribution is 2.40. The van der Waals surface area contributed by atoms with Crippen LogP contribution < -0.4 is 15.4 Å². The summed E-state index contributed by atoms with van der Waals surface area (Å²) in [6, 6.07) is 15.7. The second-order valence-corrected chi connectivity index (χ2v) is 7.99. The number of ether oxygens (including phenoxy) is 1. The number of pyridine rings is 1. The van der Waals surface area contributed by atoms with Gasteiger partial charge in [0.15, 0.2) is 0 Å². The molecule has 4 aromatic rings. The molecule has 2 aromatic heterocycles. The van der Waals surface area contributed by atoms with Crippen molar-refractivity contribution >= 4 is 28.3 Å². The third-order valence-electron chi connectivity index (χ3n) is 5.85. The molecular weight excluding hydrogens is 402 g/mol. The Morgan fingerprint density at radius 2 is 1.91 bits per heavy atom. The summed E-state index contributed by atoms with van der Waals surface area (Å²) in [6.07, 6.45) is 4.73. The Bertz CT molecular complexity index is 1340. The van der Waals surface area contributed by atoms with Crippen molar-refractivity contribution in [3.63, 3.8) is 0 Å². The molecule has 2 N–H and O–H groups in total. The van der Waals surface area contributed by atoms with Gasteiger partial charge >= 0.3 is 0 Å². The van der Waals surface area contributed by atoms with Crippen molar-refractivity contribution in [2.75, 3.05) is 10.6 Å². The zero-order valence-corrected chi connectivity index (χ0v) is 17.9. The molecule has 32 heavy (non-hydrogen) atoms. The molecule has 7 heteroatoms. The minimum Gasteiger partial charge on any atom is -0.437 e. The number of nitrogens with two attached hydrogens (primary N) is 1. The van der Waals surface area contributed by atoms with Crippen molar-refractivity contribution in [2.24, 2.45) is 0 Å². The number of fused-ring (bicyclic) bond motifs is 1. The van der Waals surface area contributed by atoms with Crippen LogP contribution in [0.2, 0.25) is 0 Å². The molecule has 0 saturated carbocycles. The molecule has 0 bridgehead atoms. The molecule has 1 fully saturated rings. The second kappa shape index (κ2) is 7.92. The maximum absolute atomic E-state index is 12.6. The molecule has 1 aliphatic rings. The van der Waals surface area contributed by atoms with Gasteiger partial charge in [-0.3, -0.25) is 4.79 Å². The van der Waals surface area contributed by atoms with Gasteiger partial charge in [-0.25, -0.2) is 15.0 Å². The fraction of sp³-hybridized carbons (Fsp3) is 0.200. The number of anilines is 2. The Labute approximate surface area is 185 Å². The average Bonchev–Trinajstić information content (AvgIpc) is 3.13. The van der Waals surface area contributed by atoms with Gasteiger partial charge in [-0.15, -0.1) is 0 Å². The lowest BCUT2D eigenvalue weighted by molar-refractivity contribution is -0.117. The van der Waals surface area contributed by atoms with Gasteiger partial charge < -0.3 is 15.4 Å². The molecule has 1 unspecified atom stereocenters. The maximum Gasteiger partial charge on any atom is 0.228 e. The van der Waals surface area contributed by atoms with E-state index in [9.17, 15) is 4.79 Å². The number of benzene rings is 2. The number of nitrogens with zero attached hydrogens (tertiary/aromatic N) is 4. The first-order valence-corrected chi connectivity index (χ1v) is 10.6. The van der Waals surface area contributed by atoms with Crippen LogP contribution in [0.1, 0.15) is 25.3 Å². The molecule has 1 amide bonds. The minimum atomic E-state index is 0.154. The number of rotatable bonds is 4. The van der Waals surface area contributed by atoms with Crippen LogP contribution in [0.4, 0.5) is 11.6 Å². The van der Waals surface area contributed by atoms with Crippen molar-refractivity contribution < 1.29 is 9.53 Å². The summed E-state index contributed by atoms with van der Waals surface area (Å²) in [5.41, 5.74) is 9.01. The van der Waals surface area contributed by atoms with Gasteiger partial charge in [-0.1, -0.05) is 24.3 Å². The maximum atomic E-state index is 12.6. The van der Waals surface area contributed by atoms with E-state index in [0.29, 0.717) is 23.7 Å². The molecule has 160 valence electrons.